The molecule has 2 fully saturated rings. The van der Waals surface area contributed by atoms with E-state index in [0.29, 0.717) is 6.10 Å². The third-order valence-electron chi connectivity index (χ3n) is 5.77. The zero-order valence-corrected chi connectivity index (χ0v) is 20.2. The summed E-state index contributed by atoms with van der Waals surface area (Å²) in [6, 6.07) is 6.10. The van der Waals surface area contributed by atoms with E-state index in [2.05, 4.69) is 37.2 Å². The normalized spacial score (nSPS) is 18.4. The van der Waals surface area contributed by atoms with Crippen LogP contribution in [0.3, 0.4) is 0 Å². The van der Waals surface area contributed by atoms with Crippen LogP contribution in [0.5, 0.6) is 0 Å². The molecular formula is C22H38IN5O. The van der Waals surface area contributed by atoms with Crippen LogP contribution in [0.1, 0.15) is 51.4 Å². The van der Waals surface area contributed by atoms with Gasteiger partial charge in [0.1, 0.15) is 5.82 Å². The number of guanidine groups is 1. The number of hydrogen-bond donors (Lipinski definition) is 1. The average Bonchev–Trinajstić information content (AvgIpc) is 2.77. The number of piperazine rings is 1. The van der Waals surface area contributed by atoms with Gasteiger partial charge in [-0.3, -0.25) is 4.99 Å². The molecule has 0 spiro atoms. The van der Waals surface area contributed by atoms with E-state index in [1.165, 1.54) is 51.4 Å². The van der Waals surface area contributed by atoms with Crippen LogP contribution in [-0.2, 0) is 4.74 Å². The van der Waals surface area contributed by atoms with Gasteiger partial charge in [-0.1, -0.05) is 25.3 Å². The first-order valence-corrected chi connectivity index (χ1v) is 11.1. The van der Waals surface area contributed by atoms with Crippen molar-refractivity contribution in [2.45, 2.75) is 57.5 Å². The lowest BCUT2D eigenvalue weighted by atomic mass is 9.98. The van der Waals surface area contributed by atoms with Crippen molar-refractivity contribution in [2.24, 2.45) is 4.99 Å². The number of hydrogen-bond acceptors (Lipinski definition) is 4. The van der Waals surface area contributed by atoms with Crippen LogP contribution in [0.25, 0.3) is 0 Å². The number of halogens is 1. The summed E-state index contributed by atoms with van der Waals surface area (Å²) < 4.78 is 6.01. The molecule has 1 aromatic rings. The Kier molecular flexibility index (Phi) is 11.7. The summed E-state index contributed by atoms with van der Waals surface area (Å²) in [4.78, 5) is 13.6. The Labute approximate surface area is 193 Å². The van der Waals surface area contributed by atoms with Gasteiger partial charge in [0.05, 0.1) is 6.10 Å². The SMILES string of the molecule is CN=C(NCCCCCOC1CCCCC1)N1CCN(c2ccccn2)CC1.I. The van der Waals surface area contributed by atoms with Crippen molar-refractivity contribution in [3.63, 3.8) is 0 Å². The predicted molar refractivity (Wildman–Crippen MR) is 131 cm³/mol. The van der Waals surface area contributed by atoms with Crippen LogP contribution >= 0.6 is 24.0 Å². The molecule has 1 aliphatic heterocycles. The van der Waals surface area contributed by atoms with E-state index >= 15 is 0 Å². The minimum Gasteiger partial charge on any atom is -0.378 e. The van der Waals surface area contributed by atoms with Gasteiger partial charge in [-0.25, -0.2) is 4.98 Å². The molecule has 1 saturated carbocycles. The van der Waals surface area contributed by atoms with Gasteiger partial charge in [-0.05, 0) is 44.2 Å². The molecule has 2 heterocycles. The second kappa shape index (κ2) is 14.0. The van der Waals surface area contributed by atoms with Crippen LogP contribution in [-0.4, -0.2) is 68.3 Å². The molecule has 2 aliphatic rings. The molecule has 0 atom stereocenters. The largest absolute Gasteiger partial charge is 0.378 e. The average molecular weight is 515 g/mol. The highest BCUT2D eigenvalue weighted by Crippen LogP contribution is 2.20. The summed E-state index contributed by atoms with van der Waals surface area (Å²) in [5.74, 6) is 2.10. The number of anilines is 1. The topological polar surface area (TPSA) is 53.0 Å². The Balaban J connectivity index is 0.00000300. The van der Waals surface area contributed by atoms with Crippen molar-refractivity contribution < 1.29 is 4.74 Å². The minimum absolute atomic E-state index is 0. The highest BCUT2D eigenvalue weighted by Gasteiger charge is 2.20. The van der Waals surface area contributed by atoms with E-state index in [0.717, 1.165) is 51.1 Å². The number of aliphatic imine (C=N–C) groups is 1. The fraction of sp³-hybridized carbons (Fsp3) is 0.727. The van der Waals surface area contributed by atoms with Crippen LogP contribution in [0.15, 0.2) is 29.4 Å². The summed E-state index contributed by atoms with van der Waals surface area (Å²) in [6.07, 6.45) is 12.6. The molecule has 7 heteroatoms. The predicted octanol–water partition coefficient (Wildman–Crippen LogP) is 3.92. The first-order valence-electron chi connectivity index (χ1n) is 11.1. The van der Waals surface area contributed by atoms with Crippen molar-refractivity contribution in [3.05, 3.63) is 24.4 Å². The highest BCUT2D eigenvalue weighted by atomic mass is 127. The molecule has 0 aromatic carbocycles. The first-order chi connectivity index (χ1) is 13.9. The van der Waals surface area contributed by atoms with Gasteiger partial charge in [-0.2, -0.15) is 0 Å². The van der Waals surface area contributed by atoms with E-state index in [9.17, 15) is 0 Å². The Morgan fingerprint density at radius 1 is 1.10 bits per heavy atom. The Morgan fingerprint density at radius 2 is 1.90 bits per heavy atom. The van der Waals surface area contributed by atoms with E-state index < -0.39 is 0 Å². The van der Waals surface area contributed by atoms with E-state index in [-0.39, 0.29) is 24.0 Å². The van der Waals surface area contributed by atoms with Crippen molar-refractivity contribution in [1.29, 1.82) is 0 Å². The Hall–Kier alpha value is -1.09. The number of ether oxygens (including phenoxy) is 1. The molecule has 0 amide bonds. The summed E-state index contributed by atoms with van der Waals surface area (Å²) in [5, 5.41) is 3.53. The second-order valence-corrected chi connectivity index (χ2v) is 7.83. The summed E-state index contributed by atoms with van der Waals surface area (Å²) >= 11 is 0. The lowest BCUT2D eigenvalue weighted by Crippen LogP contribution is -2.52. The maximum atomic E-state index is 6.01. The third-order valence-corrected chi connectivity index (χ3v) is 5.77. The van der Waals surface area contributed by atoms with Crippen molar-refractivity contribution in [2.75, 3.05) is 51.3 Å². The molecule has 6 nitrogen and oxygen atoms in total. The Morgan fingerprint density at radius 3 is 2.59 bits per heavy atom. The summed E-state index contributed by atoms with van der Waals surface area (Å²) in [7, 11) is 1.88. The van der Waals surface area contributed by atoms with Gasteiger partial charge in [0, 0.05) is 52.6 Å². The molecule has 1 saturated heterocycles. The number of pyridine rings is 1. The summed E-state index contributed by atoms with van der Waals surface area (Å²) in [5.41, 5.74) is 0. The van der Waals surface area contributed by atoms with Gasteiger partial charge < -0.3 is 19.9 Å². The van der Waals surface area contributed by atoms with Gasteiger partial charge in [0.2, 0.25) is 0 Å². The Bertz CT molecular complexity index is 572. The molecule has 0 bridgehead atoms. The lowest BCUT2D eigenvalue weighted by Gasteiger charge is -2.37. The lowest BCUT2D eigenvalue weighted by molar-refractivity contribution is 0.0264. The maximum absolute atomic E-state index is 6.01. The fourth-order valence-corrected chi connectivity index (χ4v) is 4.11. The van der Waals surface area contributed by atoms with Crippen LogP contribution in [0, 0.1) is 0 Å². The maximum Gasteiger partial charge on any atom is 0.193 e. The molecule has 1 aromatic heterocycles. The van der Waals surface area contributed by atoms with Crippen LogP contribution in [0.4, 0.5) is 5.82 Å². The standard InChI is InChI=1S/C22H37N5O.HI/c1-23-22(25-14-7-3-9-19-28-20-10-4-2-5-11-20)27-17-15-26(16-18-27)21-12-6-8-13-24-21;/h6,8,12-13,20H,2-5,7,9-11,14-19H2,1H3,(H,23,25);1H. The van der Waals surface area contributed by atoms with E-state index in [1.807, 2.05) is 19.3 Å². The number of rotatable bonds is 8. The van der Waals surface area contributed by atoms with Crippen molar-refractivity contribution in [3.8, 4) is 0 Å². The van der Waals surface area contributed by atoms with Crippen molar-refractivity contribution in [1.82, 2.24) is 15.2 Å². The zero-order valence-electron chi connectivity index (χ0n) is 17.9. The van der Waals surface area contributed by atoms with E-state index in [4.69, 9.17) is 4.74 Å². The molecule has 1 aliphatic carbocycles. The second-order valence-electron chi connectivity index (χ2n) is 7.83. The summed E-state index contributed by atoms with van der Waals surface area (Å²) in [6.45, 7) is 5.83. The van der Waals surface area contributed by atoms with Gasteiger partial charge in [-0.15, -0.1) is 24.0 Å². The quantitative estimate of drug-likeness (QED) is 0.246. The van der Waals surface area contributed by atoms with Gasteiger partial charge in [0.15, 0.2) is 5.96 Å². The number of aromatic nitrogens is 1. The molecule has 3 rings (SSSR count). The molecule has 1 N–H and O–H groups in total. The van der Waals surface area contributed by atoms with Crippen LogP contribution in [0.2, 0.25) is 0 Å². The van der Waals surface area contributed by atoms with Gasteiger partial charge in [0.25, 0.3) is 0 Å². The molecule has 29 heavy (non-hydrogen) atoms. The number of unbranched alkanes of at least 4 members (excludes halogenated alkanes) is 2. The molecule has 0 unspecified atom stereocenters. The fourth-order valence-electron chi connectivity index (χ4n) is 4.11. The number of nitrogens with one attached hydrogen (secondary N) is 1. The highest BCUT2D eigenvalue weighted by molar-refractivity contribution is 14.0. The monoisotopic (exact) mass is 515 g/mol. The molecular weight excluding hydrogens is 477 g/mol. The third kappa shape index (κ3) is 8.28. The smallest absolute Gasteiger partial charge is 0.193 e. The minimum atomic E-state index is 0. The number of nitrogens with zero attached hydrogens (tertiary/aromatic N) is 4. The zero-order chi connectivity index (χ0) is 19.4. The van der Waals surface area contributed by atoms with Crippen molar-refractivity contribution >= 4 is 35.8 Å². The van der Waals surface area contributed by atoms with Crippen LogP contribution < -0.4 is 10.2 Å². The van der Waals surface area contributed by atoms with E-state index in [1.54, 1.807) is 0 Å². The molecule has 164 valence electrons. The first kappa shape index (κ1) is 24.2. The van der Waals surface area contributed by atoms with Gasteiger partial charge >= 0.3 is 0 Å². The molecule has 0 radical (unpaired) electrons.